The number of fused-ring (bicyclic) bond motifs is 1. The second-order valence-corrected chi connectivity index (χ2v) is 9.52. The number of likely N-dealkylation sites (N-methyl/N-ethyl adjacent to an activating group) is 2. The van der Waals surface area contributed by atoms with Crippen molar-refractivity contribution < 1.29 is 32.6 Å². The summed E-state index contributed by atoms with van der Waals surface area (Å²) in [5, 5.41) is 11.5. The third-order valence-corrected chi connectivity index (χ3v) is 6.63. The third kappa shape index (κ3) is 7.11. The van der Waals surface area contributed by atoms with E-state index in [1.54, 1.807) is 25.6 Å². The van der Waals surface area contributed by atoms with E-state index in [1.807, 2.05) is 42.3 Å². The number of aromatic amines is 1. The molecular weight excluding hydrogens is 541 g/mol. The number of carboxylic acid groups (broad SMARTS) is 1. The zero-order valence-electron chi connectivity index (χ0n) is 22.6. The Bertz CT molecular complexity index is 1510. The summed E-state index contributed by atoms with van der Waals surface area (Å²) in [6, 6.07) is 15.8. The molecule has 13 heteroatoms. The highest BCUT2D eigenvalue weighted by atomic mass is 19.4. The highest BCUT2D eigenvalue weighted by Gasteiger charge is 2.38. The lowest BCUT2D eigenvalue weighted by molar-refractivity contribution is -0.192. The van der Waals surface area contributed by atoms with Gasteiger partial charge in [0.2, 0.25) is 0 Å². The number of methoxy groups -OCH3 is 1. The number of nitrogens with zero attached hydrogens (tertiary/aromatic N) is 4. The number of amides is 1. The van der Waals surface area contributed by atoms with Crippen molar-refractivity contribution in [3.63, 3.8) is 0 Å². The minimum atomic E-state index is -5.08. The maximum atomic E-state index is 13.1. The van der Waals surface area contributed by atoms with E-state index in [0.29, 0.717) is 22.8 Å². The number of anilines is 2. The summed E-state index contributed by atoms with van der Waals surface area (Å²) in [6.07, 6.45) is -0.707. The second-order valence-electron chi connectivity index (χ2n) is 9.52. The van der Waals surface area contributed by atoms with Crippen molar-refractivity contribution in [1.29, 1.82) is 0 Å². The van der Waals surface area contributed by atoms with Crippen molar-refractivity contribution in [2.45, 2.75) is 18.6 Å². The second kappa shape index (κ2) is 12.3. The highest BCUT2D eigenvalue weighted by Crippen LogP contribution is 2.30. The van der Waals surface area contributed by atoms with Crippen LogP contribution >= 0.6 is 0 Å². The molecule has 1 saturated heterocycles. The zero-order chi connectivity index (χ0) is 29.7. The van der Waals surface area contributed by atoms with Crippen LogP contribution in [-0.2, 0) is 4.79 Å². The van der Waals surface area contributed by atoms with Gasteiger partial charge in [0.1, 0.15) is 17.3 Å². The number of aliphatic carboxylic acids is 1. The van der Waals surface area contributed by atoms with E-state index in [0.717, 1.165) is 41.8 Å². The molecule has 1 aliphatic heterocycles. The molecule has 1 unspecified atom stereocenters. The van der Waals surface area contributed by atoms with Crippen molar-refractivity contribution >= 4 is 34.3 Å². The number of aromatic nitrogens is 3. The van der Waals surface area contributed by atoms with Crippen LogP contribution in [0.4, 0.5) is 24.7 Å². The monoisotopic (exact) mass is 570 g/mol. The maximum absolute atomic E-state index is 13.1. The molecule has 0 radical (unpaired) electrons. The lowest BCUT2D eigenvalue weighted by Crippen LogP contribution is -2.38. The van der Waals surface area contributed by atoms with Gasteiger partial charge in [0.25, 0.3) is 5.91 Å². The number of nitrogens with one attached hydrogen (secondary N) is 2. The molecule has 0 saturated carbocycles. The van der Waals surface area contributed by atoms with E-state index in [1.165, 1.54) is 0 Å². The van der Waals surface area contributed by atoms with E-state index >= 15 is 0 Å². The predicted octanol–water partition coefficient (Wildman–Crippen LogP) is 4.79. The van der Waals surface area contributed by atoms with E-state index < -0.39 is 12.1 Å². The topological polar surface area (TPSA) is 124 Å². The molecule has 0 aliphatic carbocycles. The average Bonchev–Trinajstić information content (AvgIpc) is 3.59. The van der Waals surface area contributed by atoms with Crippen LogP contribution in [0.3, 0.4) is 0 Å². The first-order valence-electron chi connectivity index (χ1n) is 12.6. The van der Waals surface area contributed by atoms with E-state index in [2.05, 4.69) is 39.4 Å². The van der Waals surface area contributed by atoms with Crippen molar-refractivity contribution in [1.82, 2.24) is 24.8 Å². The van der Waals surface area contributed by atoms with Gasteiger partial charge < -0.3 is 29.9 Å². The molecule has 2 aromatic heterocycles. The summed E-state index contributed by atoms with van der Waals surface area (Å²) in [4.78, 5) is 38.5. The molecule has 41 heavy (non-hydrogen) atoms. The smallest absolute Gasteiger partial charge is 0.490 e. The van der Waals surface area contributed by atoms with Crippen molar-refractivity contribution in [2.75, 3.05) is 39.6 Å². The van der Waals surface area contributed by atoms with Gasteiger partial charge in [-0.15, -0.1) is 0 Å². The minimum Gasteiger partial charge on any atom is -0.495 e. The van der Waals surface area contributed by atoms with Crippen LogP contribution in [-0.4, -0.2) is 88.2 Å². The van der Waals surface area contributed by atoms with Gasteiger partial charge >= 0.3 is 12.1 Å². The van der Waals surface area contributed by atoms with Crippen molar-refractivity contribution in [3.8, 4) is 17.1 Å². The Hall–Kier alpha value is -4.65. The van der Waals surface area contributed by atoms with Crippen molar-refractivity contribution in [2.24, 2.45) is 0 Å². The molecule has 10 nitrogen and oxygen atoms in total. The van der Waals surface area contributed by atoms with Crippen LogP contribution in [0, 0.1) is 0 Å². The number of carbonyl (C=O) groups is 2. The number of carbonyl (C=O) groups excluding carboxylic acids is 1. The molecule has 0 spiro atoms. The summed E-state index contributed by atoms with van der Waals surface area (Å²) in [5.74, 6) is -1.61. The first-order valence-corrected chi connectivity index (χ1v) is 12.6. The fraction of sp³-hybridized carbons (Fsp3) is 0.286. The number of likely N-dealkylation sites (tertiary alicyclic amines) is 1. The fourth-order valence-electron chi connectivity index (χ4n) is 4.43. The molecule has 216 valence electrons. The summed E-state index contributed by atoms with van der Waals surface area (Å²) >= 11 is 0. The normalized spacial score (nSPS) is 15.2. The van der Waals surface area contributed by atoms with Gasteiger partial charge in [0.05, 0.1) is 30.9 Å². The molecule has 4 aromatic rings. The van der Waals surface area contributed by atoms with Crippen LogP contribution < -0.4 is 10.1 Å². The van der Waals surface area contributed by atoms with Crippen LogP contribution in [0.2, 0.25) is 0 Å². The van der Waals surface area contributed by atoms with Gasteiger partial charge in [-0.1, -0.05) is 18.2 Å². The van der Waals surface area contributed by atoms with Crippen LogP contribution in [0.25, 0.3) is 22.3 Å². The molecule has 3 heterocycles. The molecule has 1 atom stereocenters. The Morgan fingerprint density at radius 2 is 1.90 bits per heavy atom. The lowest BCUT2D eigenvalue weighted by atomic mass is 10.1. The van der Waals surface area contributed by atoms with Gasteiger partial charge in [-0.2, -0.15) is 13.2 Å². The Balaban J connectivity index is 0.000000493. The van der Waals surface area contributed by atoms with Gasteiger partial charge in [-0.25, -0.2) is 9.78 Å². The number of H-pyrrole nitrogens is 1. The first kappa shape index (κ1) is 29.3. The number of rotatable bonds is 6. The van der Waals surface area contributed by atoms with Crippen LogP contribution in [0.5, 0.6) is 5.75 Å². The quantitative estimate of drug-likeness (QED) is 0.303. The van der Waals surface area contributed by atoms with Gasteiger partial charge in [0.15, 0.2) is 0 Å². The first-order chi connectivity index (χ1) is 19.5. The van der Waals surface area contributed by atoms with Crippen LogP contribution in [0.15, 0.2) is 60.9 Å². The Morgan fingerprint density at radius 1 is 1.17 bits per heavy atom. The number of halogens is 3. The summed E-state index contributed by atoms with van der Waals surface area (Å²) in [5.41, 5.74) is 3.98. The SMILES string of the molecule is COc1cc(C(=O)N(C)C2CCN(C)C2)ccc1Nc1cncc(-c2cc3ccccc3[nH]2)n1.O=C(O)C(F)(F)F. The Morgan fingerprint density at radius 3 is 2.54 bits per heavy atom. The molecule has 3 N–H and O–H groups in total. The molecule has 1 fully saturated rings. The molecule has 5 rings (SSSR count). The molecule has 1 aliphatic rings. The lowest BCUT2D eigenvalue weighted by Gasteiger charge is -2.25. The summed E-state index contributed by atoms with van der Waals surface area (Å²) in [7, 11) is 5.55. The summed E-state index contributed by atoms with van der Waals surface area (Å²) < 4.78 is 37.3. The predicted molar refractivity (Wildman–Crippen MR) is 147 cm³/mol. The number of hydrogen-bond acceptors (Lipinski definition) is 7. The average molecular weight is 571 g/mol. The maximum Gasteiger partial charge on any atom is 0.490 e. The van der Waals surface area contributed by atoms with Gasteiger partial charge in [-0.05, 0) is 50.3 Å². The van der Waals surface area contributed by atoms with Gasteiger partial charge in [-0.3, -0.25) is 9.78 Å². The molecule has 2 aromatic carbocycles. The summed E-state index contributed by atoms with van der Waals surface area (Å²) in [6.45, 7) is 1.90. The number of hydrogen-bond donors (Lipinski definition) is 3. The number of alkyl halides is 3. The minimum absolute atomic E-state index is 0.00856. The highest BCUT2D eigenvalue weighted by molar-refractivity contribution is 5.95. The fourth-order valence-corrected chi connectivity index (χ4v) is 4.43. The van der Waals surface area contributed by atoms with E-state index in [4.69, 9.17) is 19.6 Å². The number of para-hydroxylation sites is 1. The standard InChI is InChI=1S/C26H28N6O2.C2HF3O2/c1-31-11-10-19(16-31)32(2)26(33)18-8-9-21(24(13-18)34-3)29-25-15-27-14-23(30-25)22-12-17-6-4-5-7-20(17)28-22;3-2(4,5)1(6)7/h4-9,12-15,19,28H,10-11,16H2,1-3H3,(H,29,30);(H,6,7). The van der Waals surface area contributed by atoms with Crippen LogP contribution in [0.1, 0.15) is 16.8 Å². The Labute approximate surface area is 233 Å². The van der Waals surface area contributed by atoms with Crippen molar-refractivity contribution in [3.05, 3.63) is 66.5 Å². The Kier molecular flexibility index (Phi) is 8.77. The number of ether oxygens (including phenoxy) is 1. The third-order valence-electron chi connectivity index (χ3n) is 6.63. The van der Waals surface area contributed by atoms with E-state index in [9.17, 15) is 18.0 Å². The number of carboxylic acids is 1. The zero-order valence-corrected chi connectivity index (χ0v) is 22.6. The number of benzene rings is 2. The molecular formula is C28H29F3N6O4. The van der Waals surface area contributed by atoms with Gasteiger partial charge in [0, 0.05) is 36.1 Å². The largest absolute Gasteiger partial charge is 0.495 e. The molecule has 0 bridgehead atoms. The molecule has 1 amide bonds. The van der Waals surface area contributed by atoms with E-state index in [-0.39, 0.29) is 11.9 Å².